The van der Waals surface area contributed by atoms with Gasteiger partial charge in [-0.2, -0.15) is 10.4 Å². The molecule has 5 nitrogen and oxygen atoms in total. The summed E-state index contributed by atoms with van der Waals surface area (Å²) in [6.07, 6.45) is 1.32. The molecule has 20 heavy (non-hydrogen) atoms. The van der Waals surface area contributed by atoms with Gasteiger partial charge in [-0.1, -0.05) is 17.7 Å². The maximum Gasteiger partial charge on any atom is 0.221 e. The molecule has 1 heterocycles. The van der Waals surface area contributed by atoms with Crippen molar-refractivity contribution in [1.82, 2.24) is 10.2 Å². The molecule has 0 aliphatic heterocycles. The Balaban J connectivity index is 2.67. The monoisotopic (exact) mass is 286 g/mol. The third-order valence-electron chi connectivity index (χ3n) is 2.72. The number of carbonyl (C=O) groups is 1. The molecule has 0 unspecified atom stereocenters. The lowest BCUT2D eigenvalue weighted by atomic mass is 10.0. The second-order valence-corrected chi connectivity index (χ2v) is 4.67. The highest BCUT2D eigenvalue weighted by atomic mass is 35.5. The fourth-order valence-corrected chi connectivity index (χ4v) is 2.08. The number of benzene rings is 1. The van der Waals surface area contributed by atoms with Crippen molar-refractivity contribution < 1.29 is 4.79 Å². The first-order valence-corrected chi connectivity index (χ1v) is 6.20. The van der Waals surface area contributed by atoms with Crippen molar-refractivity contribution in [2.24, 2.45) is 0 Å². The number of nitrogens with zero attached hydrogens (tertiary/aromatic N) is 3. The summed E-state index contributed by atoms with van der Waals surface area (Å²) in [5, 5.41) is 20.2. The molecule has 0 saturated heterocycles. The fourth-order valence-electron chi connectivity index (χ4n) is 1.86. The summed E-state index contributed by atoms with van der Waals surface area (Å²) in [5.41, 5.74) is 2.73. The van der Waals surface area contributed by atoms with Crippen molar-refractivity contribution >= 4 is 23.2 Å². The summed E-state index contributed by atoms with van der Waals surface area (Å²) in [5.74, 6) is -0.276. The van der Waals surface area contributed by atoms with Crippen LogP contribution in [0.25, 0.3) is 11.3 Å². The Morgan fingerprint density at radius 1 is 1.45 bits per heavy atom. The van der Waals surface area contributed by atoms with E-state index in [4.69, 9.17) is 16.9 Å². The molecule has 0 atom stereocenters. The molecule has 1 amide bonds. The smallest absolute Gasteiger partial charge is 0.221 e. The first-order chi connectivity index (χ1) is 9.52. The minimum absolute atomic E-state index is 0.263. The molecular formula is C14H11ClN4O. The van der Waals surface area contributed by atoms with Crippen LogP contribution in [0.15, 0.2) is 24.4 Å². The summed E-state index contributed by atoms with van der Waals surface area (Å²) < 4.78 is 0. The average molecular weight is 287 g/mol. The highest BCUT2D eigenvalue weighted by Crippen LogP contribution is 2.31. The number of nitrogens with one attached hydrogen (secondary N) is 1. The summed E-state index contributed by atoms with van der Waals surface area (Å²) in [6.45, 7) is 3.25. The number of aryl methyl sites for hydroxylation is 1. The van der Waals surface area contributed by atoms with E-state index in [1.54, 1.807) is 18.2 Å². The Morgan fingerprint density at radius 2 is 2.20 bits per heavy atom. The molecule has 1 aromatic carbocycles. The summed E-state index contributed by atoms with van der Waals surface area (Å²) in [7, 11) is 0. The predicted octanol–water partition coefficient (Wildman–Crippen LogP) is 2.94. The van der Waals surface area contributed by atoms with Crippen molar-refractivity contribution in [3.8, 4) is 17.3 Å². The molecule has 0 aliphatic rings. The molecule has 0 fully saturated rings. The zero-order valence-electron chi connectivity index (χ0n) is 10.9. The standard InChI is InChI=1S/C14H11ClN4O/c1-8-5-11(15)3-4-12(8)14-13(18-9(2)20)10(6-16)7-17-19-14/h3-5,7H,1-2H3,(H,17,18,20). The Bertz CT molecular complexity index is 722. The first-order valence-electron chi connectivity index (χ1n) is 5.83. The number of halogens is 1. The number of amides is 1. The first kappa shape index (κ1) is 14.0. The van der Waals surface area contributed by atoms with E-state index in [-0.39, 0.29) is 11.5 Å². The van der Waals surface area contributed by atoms with Crippen LogP contribution in [0.4, 0.5) is 5.69 Å². The van der Waals surface area contributed by atoms with E-state index in [2.05, 4.69) is 15.5 Å². The molecule has 0 bridgehead atoms. The SMILES string of the molecule is CC(=O)Nc1c(C#N)cnnc1-c1ccc(Cl)cc1C. The lowest BCUT2D eigenvalue weighted by molar-refractivity contribution is -0.114. The van der Waals surface area contributed by atoms with E-state index in [0.29, 0.717) is 16.4 Å². The minimum Gasteiger partial charge on any atom is -0.323 e. The van der Waals surface area contributed by atoms with Gasteiger partial charge in [-0.05, 0) is 24.6 Å². The van der Waals surface area contributed by atoms with Gasteiger partial charge in [-0.15, -0.1) is 5.10 Å². The van der Waals surface area contributed by atoms with Crippen molar-refractivity contribution in [3.63, 3.8) is 0 Å². The van der Waals surface area contributed by atoms with Gasteiger partial charge in [0.2, 0.25) is 5.91 Å². The zero-order valence-corrected chi connectivity index (χ0v) is 11.7. The van der Waals surface area contributed by atoms with Crippen molar-refractivity contribution in [3.05, 3.63) is 40.5 Å². The van der Waals surface area contributed by atoms with Crippen molar-refractivity contribution in [2.45, 2.75) is 13.8 Å². The lowest BCUT2D eigenvalue weighted by Crippen LogP contribution is -2.10. The van der Waals surface area contributed by atoms with Gasteiger partial charge in [0.15, 0.2) is 0 Å². The third kappa shape index (κ3) is 2.76. The molecule has 0 saturated carbocycles. The Morgan fingerprint density at radius 3 is 2.80 bits per heavy atom. The predicted molar refractivity (Wildman–Crippen MR) is 76.2 cm³/mol. The van der Waals surface area contributed by atoms with Gasteiger partial charge >= 0.3 is 0 Å². The molecule has 1 aromatic heterocycles. The maximum atomic E-state index is 11.3. The maximum absolute atomic E-state index is 11.3. The van der Waals surface area contributed by atoms with Crippen LogP contribution < -0.4 is 5.32 Å². The van der Waals surface area contributed by atoms with E-state index in [1.165, 1.54) is 13.1 Å². The van der Waals surface area contributed by atoms with E-state index in [1.807, 2.05) is 13.0 Å². The van der Waals surface area contributed by atoms with Crippen LogP contribution in [0.1, 0.15) is 18.1 Å². The molecule has 100 valence electrons. The Kier molecular flexibility index (Phi) is 3.97. The van der Waals surface area contributed by atoms with Gasteiger partial charge in [-0.3, -0.25) is 4.79 Å². The number of aromatic nitrogens is 2. The highest BCUT2D eigenvalue weighted by Gasteiger charge is 2.15. The lowest BCUT2D eigenvalue weighted by Gasteiger charge is -2.12. The van der Waals surface area contributed by atoms with Crippen LogP contribution in [0.2, 0.25) is 5.02 Å². The third-order valence-corrected chi connectivity index (χ3v) is 2.95. The molecule has 0 radical (unpaired) electrons. The van der Waals surface area contributed by atoms with Crippen LogP contribution in [0.5, 0.6) is 0 Å². The van der Waals surface area contributed by atoms with Gasteiger partial charge in [0.05, 0.1) is 17.4 Å². The van der Waals surface area contributed by atoms with Gasteiger partial charge < -0.3 is 5.32 Å². The molecule has 1 N–H and O–H groups in total. The van der Waals surface area contributed by atoms with E-state index in [9.17, 15) is 4.79 Å². The molecule has 2 rings (SSSR count). The molecular weight excluding hydrogens is 276 g/mol. The van der Waals surface area contributed by atoms with Crippen molar-refractivity contribution in [2.75, 3.05) is 5.32 Å². The highest BCUT2D eigenvalue weighted by molar-refractivity contribution is 6.30. The molecule has 2 aromatic rings. The number of rotatable bonds is 2. The summed E-state index contributed by atoms with van der Waals surface area (Å²) >= 11 is 5.93. The normalized spacial score (nSPS) is 9.90. The zero-order chi connectivity index (χ0) is 14.7. The second-order valence-electron chi connectivity index (χ2n) is 4.23. The van der Waals surface area contributed by atoms with E-state index in [0.717, 1.165) is 11.1 Å². The van der Waals surface area contributed by atoms with Crippen LogP contribution in [-0.4, -0.2) is 16.1 Å². The summed E-state index contributed by atoms with van der Waals surface area (Å²) in [4.78, 5) is 11.3. The number of anilines is 1. The largest absolute Gasteiger partial charge is 0.323 e. The Hall–Kier alpha value is -2.45. The van der Waals surface area contributed by atoms with Crippen LogP contribution in [0, 0.1) is 18.3 Å². The topological polar surface area (TPSA) is 78.7 Å². The quantitative estimate of drug-likeness (QED) is 0.920. The Labute approximate surface area is 121 Å². The fraction of sp³-hybridized carbons (Fsp3) is 0.143. The van der Waals surface area contributed by atoms with E-state index < -0.39 is 0 Å². The van der Waals surface area contributed by atoms with E-state index >= 15 is 0 Å². The van der Waals surface area contributed by atoms with Gasteiger partial charge in [0.25, 0.3) is 0 Å². The van der Waals surface area contributed by atoms with Gasteiger partial charge in [0.1, 0.15) is 11.8 Å². The van der Waals surface area contributed by atoms with Gasteiger partial charge in [-0.25, -0.2) is 0 Å². The van der Waals surface area contributed by atoms with Crippen LogP contribution in [-0.2, 0) is 4.79 Å². The van der Waals surface area contributed by atoms with Gasteiger partial charge in [0, 0.05) is 17.5 Å². The molecule has 6 heteroatoms. The average Bonchev–Trinajstić information content (AvgIpc) is 2.39. The second kappa shape index (κ2) is 5.68. The number of nitriles is 1. The molecule has 0 aliphatic carbocycles. The number of hydrogen-bond acceptors (Lipinski definition) is 4. The van der Waals surface area contributed by atoms with Crippen LogP contribution >= 0.6 is 11.6 Å². The number of carbonyl (C=O) groups excluding carboxylic acids is 1. The summed E-state index contributed by atoms with van der Waals surface area (Å²) in [6, 6.07) is 7.30. The minimum atomic E-state index is -0.276. The van der Waals surface area contributed by atoms with Crippen molar-refractivity contribution in [1.29, 1.82) is 5.26 Å². The number of hydrogen-bond donors (Lipinski definition) is 1. The molecule has 0 spiro atoms. The van der Waals surface area contributed by atoms with Crippen LogP contribution in [0.3, 0.4) is 0 Å².